The summed E-state index contributed by atoms with van der Waals surface area (Å²) in [5.74, 6) is 1.28. The van der Waals surface area contributed by atoms with Crippen molar-refractivity contribution in [3.63, 3.8) is 0 Å². The molecule has 1 unspecified atom stereocenters. The lowest BCUT2D eigenvalue weighted by molar-refractivity contribution is 0.0905. The molecule has 24 heavy (non-hydrogen) atoms. The van der Waals surface area contributed by atoms with Gasteiger partial charge in [-0.05, 0) is 36.8 Å². The zero-order valence-electron chi connectivity index (χ0n) is 14.5. The Kier molecular flexibility index (Phi) is 6.21. The fourth-order valence-electron chi connectivity index (χ4n) is 2.46. The summed E-state index contributed by atoms with van der Waals surface area (Å²) in [4.78, 5) is 12.4. The van der Waals surface area contributed by atoms with Crippen LogP contribution in [0, 0.1) is 0 Å². The molecule has 2 rings (SSSR count). The minimum absolute atomic E-state index is 0.0540. The number of ether oxygens (including phenoxy) is 3. The highest BCUT2D eigenvalue weighted by Crippen LogP contribution is 2.33. The van der Waals surface area contributed by atoms with Crippen LogP contribution in [0.5, 0.6) is 11.5 Å². The number of nitrogens with one attached hydrogen (secondary N) is 1. The molecule has 1 N–H and O–H groups in total. The van der Waals surface area contributed by atoms with Gasteiger partial charge in [-0.25, -0.2) is 0 Å². The molecular weight excluding hydrogens is 306 g/mol. The van der Waals surface area contributed by atoms with Gasteiger partial charge in [0.1, 0.15) is 11.5 Å². The van der Waals surface area contributed by atoms with Gasteiger partial charge in [0.25, 0.3) is 5.91 Å². The van der Waals surface area contributed by atoms with Crippen LogP contribution in [0.1, 0.15) is 17.3 Å². The third-order valence-corrected chi connectivity index (χ3v) is 3.64. The summed E-state index contributed by atoms with van der Waals surface area (Å²) in [6.07, 6.45) is 0. The van der Waals surface area contributed by atoms with Crippen LogP contribution in [0.25, 0.3) is 11.1 Å². The average molecular weight is 329 g/mol. The summed E-state index contributed by atoms with van der Waals surface area (Å²) in [7, 11) is 4.83. The van der Waals surface area contributed by atoms with E-state index in [4.69, 9.17) is 14.2 Å². The molecule has 0 aliphatic rings. The molecule has 0 saturated carbocycles. The minimum Gasteiger partial charge on any atom is -0.497 e. The average Bonchev–Trinajstić information content (AvgIpc) is 2.61. The van der Waals surface area contributed by atoms with E-state index >= 15 is 0 Å². The third kappa shape index (κ3) is 4.26. The van der Waals surface area contributed by atoms with Crippen molar-refractivity contribution in [2.24, 2.45) is 0 Å². The summed E-state index contributed by atoms with van der Waals surface area (Å²) in [5, 5.41) is 2.91. The van der Waals surface area contributed by atoms with E-state index in [1.807, 2.05) is 43.3 Å². The van der Waals surface area contributed by atoms with Crippen molar-refractivity contribution in [2.75, 3.05) is 27.9 Å². The quantitative estimate of drug-likeness (QED) is 0.848. The number of hydrogen-bond donors (Lipinski definition) is 1. The maximum atomic E-state index is 12.4. The number of methoxy groups -OCH3 is 3. The molecule has 0 saturated heterocycles. The van der Waals surface area contributed by atoms with E-state index in [-0.39, 0.29) is 11.9 Å². The van der Waals surface area contributed by atoms with Crippen molar-refractivity contribution in [3.05, 3.63) is 48.0 Å². The van der Waals surface area contributed by atoms with Gasteiger partial charge in [-0.2, -0.15) is 0 Å². The summed E-state index contributed by atoms with van der Waals surface area (Å²) in [5.41, 5.74) is 2.40. The molecule has 0 fully saturated rings. The van der Waals surface area contributed by atoms with E-state index in [0.717, 1.165) is 16.9 Å². The lowest BCUT2D eigenvalue weighted by atomic mass is 10.0. The first-order valence-corrected chi connectivity index (χ1v) is 7.71. The summed E-state index contributed by atoms with van der Waals surface area (Å²) < 4.78 is 15.7. The van der Waals surface area contributed by atoms with Gasteiger partial charge < -0.3 is 19.5 Å². The first-order valence-electron chi connectivity index (χ1n) is 7.71. The molecule has 0 radical (unpaired) electrons. The molecule has 5 heteroatoms. The molecule has 0 aliphatic heterocycles. The summed E-state index contributed by atoms with van der Waals surface area (Å²) in [6, 6.07) is 13.0. The summed E-state index contributed by atoms with van der Waals surface area (Å²) >= 11 is 0. The maximum absolute atomic E-state index is 12.4. The van der Waals surface area contributed by atoms with Gasteiger partial charge in [-0.3, -0.25) is 4.79 Å². The molecule has 5 nitrogen and oxygen atoms in total. The monoisotopic (exact) mass is 329 g/mol. The van der Waals surface area contributed by atoms with E-state index in [1.165, 1.54) is 0 Å². The van der Waals surface area contributed by atoms with Crippen molar-refractivity contribution in [3.8, 4) is 22.6 Å². The highest BCUT2D eigenvalue weighted by atomic mass is 16.5. The van der Waals surface area contributed by atoms with Crippen LogP contribution < -0.4 is 14.8 Å². The van der Waals surface area contributed by atoms with Crippen LogP contribution in [0.3, 0.4) is 0 Å². The second-order valence-electron chi connectivity index (χ2n) is 5.48. The molecule has 2 aromatic rings. The van der Waals surface area contributed by atoms with Gasteiger partial charge in [0, 0.05) is 30.3 Å². The Bertz CT molecular complexity index is 700. The number of hydrogen-bond acceptors (Lipinski definition) is 4. The Labute approximate surface area is 142 Å². The predicted molar refractivity (Wildman–Crippen MR) is 93.8 cm³/mol. The second kappa shape index (κ2) is 8.36. The van der Waals surface area contributed by atoms with Gasteiger partial charge >= 0.3 is 0 Å². The SMILES string of the molecule is COCC(C)NC(=O)c1cccc(-c2ccc(OC)cc2OC)c1. The molecule has 2 aromatic carbocycles. The number of rotatable bonds is 7. The van der Waals surface area contributed by atoms with E-state index in [9.17, 15) is 4.79 Å². The van der Waals surface area contributed by atoms with Crippen molar-refractivity contribution < 1.29 is 19.0 Å². The maximum Gasteiger partial charge on any atom is 0.251 e. The minimum atomic E-state index is -0.131. The van der Waals surface area contributed by atoms with Crippen LogP contribution in [0.15, 0.2) is 42.5 Å². The molecule has 1 atom stereocenters. The Morgan fingerprint density at radius 2 is 1.88 bits per heavy atom. The molecule has 128 valence electrons. The number of carbonyl (C=O) groups is 1. The fourth-order valence-corrected chi connectivity index (χ4v) is 2.46. The van der Waals surface area contributed by atoms with Crippen LogP contribution in [-0.4, -0.2) is 39.9 Å². The second-order valence-corrected chi connectivity index (χ2v) is 5.48. The van der Waals surface area contributed by atoms with Crippen molar-refractivity contribution in [1.82, 2.24) is 5.32 Å². The Morgan fingerprint density at radius 1 is 1.08 bits per heavy atom. The first kappa shape index (κ1) is 17.8. The highest BCUT2D eigenvalue weighted by Gasteiger charge is 2.12. The van der Waals surface area contributed by atoms with Gasteiger partial charge in [0.15, 0.2) is 0 Å². The Morgan fingerprint density at radius 3 is 2.54 bits per heavy atom. The topological polar surface area (TPSA) is 56.8 Å². The highest BCUT2D eigenvalue weighted by molar-refractivity contribution is 5.95. The van der Waals surface area contributed by atoms with Gasteiger partial charge in [0.05, 0.1) is 20.8 Å². The smallest absolute Gasteiger partial charge is 0.251 e. The lowest BCUT2D eigenvalue weighted by Crippen LogP contribution is -2.35. The Hall–Kier alpha value is -2.53. The molecule has 0 spiro atoms. The molecule has 0 heterocycles. The number of carbonyl (C=O) groups excluding carboxylic acids is 1. The van der Waals surface area contributed by atoms with Crippen LogP contribution >= 0.6 is 0 Å². The van der Waals surface area contributed by atoms with Crippen molar-refractivity contribution >= 4 is 5.91 Å². The standard InChI is InChI=1S/C19H23NO4/c1-13(12-22-2)20-19(21)15-7-5-6-14(10-15)17-9-8-16(23-3)11-18(17)24-4/h5-11,13H,12H2,1-4H3,(H,20,21). The molecule has 0 bridgehead atoms. The van der Waals surface area contributed by atoms with E-state index in [2.05, 4.69) is 5.32 Å². The zero-order valence-corrected chi connectivity index (χ0v) is 14.5. The van der Waals surface area contributed by atoms with E-state index < -0.39 is 0 Å². The van der Waals surface area contributed by atoms with E-state index in [1.54, 1.807) is 27.4 Å². The first-order chi connectivity index (χ1) is 11.6. The van der Waals surface area contributed by atoms with Crippen LogP contribution in [0.2, 0.25) is 0 Å². The fraction of sp³-hybridized carbons (Fsp3) is 0.316. The van der Waals surface area contributed by atoms with Crippen LogP contribution in [0.4, 0.5) is 0 Å². The normalized spacial score (nSPS) is 11.7. The number of benzene rings is 2. The largest absolute Gasteiger partial charge is 0.497 e. The molecule has 1 amide bonds. The van der Waals surface area contributed by atoms with Gasteiger partial charge in [-0.15, -0.1) is 0 Å². The van der Waals surface area contributed by atoms with Crippen LogP contribution in [-0.2, 0) is 4.74 Å². The zero-order chi connectivity index (χ0) is 17.5. The third-order valence-electron chi connectivity index (χ3n) is 3.64. The predicted octanol–water partition coefficient (Wildman–Crippen LogP) is 3.14. The van der Waals surface area contributed by atoms with E-state index in [0.29, 0.717) is 17.9 Å². The molecule has 0 aliphatic carbocycles. The summed E-state index contributed by atoms with van der Waals surface area (Å²) in [6.45, 7) is 2.37. The van der Waals surface area contributed by atoms with Crippen molar-refractivity contribution in [1.29, 1.82) is 0 Å². The lowest BCUT2D eigenvalue weighted by Gasteiger charge is -2.14. The molecule has 0 aromatic heterocycles. The molecular formula is C19H23NO4. The Balaban J connectivity index is 2.29. The van der Waals surface area contributed by atoms with Gasteiger partial charge in [-0.1, -0.05) is 12.1 Å². The van der Waals surface area contributed by atoms with Gasteiger partial charge in [0.2, 0.25) is 0 Å². The van der Waals surface area contributed by atoms with Crippen molar-refractivity contribution in [2.45, 2.75) is 13.0 Å². The number of amides is 1.